The molecule has 0 unspecified atom stereocenters. The third-order valence-corrected chi connectivity index (χ3v) is 4.55. The van der Waals surface area contributed by atoms with Crippen LogP contribution in [0.4, 0.5) is 5.13 Å². The molecule has 1 aromatic carbocycles. The maximum Gasteiger partial charge on any atom is 0.257 e. The Morgan fingerprint density at radius 1 is 1.14 bits per heavy atom. The molecule has 110 valence electrons. The maximum atomic E-state index is 12.2. The van der Waals surface area contributed by atoms with Crippen LogP contribution in [0.25, 0.3) is 11.3 Å². The molecule has 22 heavy (non-hydrogen) atoms. The second-order valence-electron chi connectivity index (χ2n) is 4.46. The highest BCUT2D eigenvalue weighted by Crippen LogP contribution is 2.24. The van der Waals surface area contributed by atoms with Gasteiger partial charge in [0.1, 0.15) is 0 Å². The van der Waals surface area contributed by atoms with Crippen LogP contribution in [0.5, 0.6) is 0 Å². The Morgan fingerprint density at radius 3 is 2.55 bits per heavy atom. The van der Waals surface area contributed by atoms with Gasteiger partial charge >= 0.3 is 0 Å². The van der Waals surface area contributed by atoms with Crippen LogP contribution in [-0.4, -0.2) is 22.1 Å². The first-order valence-corrected chi connectivity index (χ1v) is 8.68. The summed E-state index contributed by atoms with van der Waals surface area (Å²) in [5.74, 6) is -0.150. The van der Waals surface area contributed by atoms with Crippen molar-refractivity contribution in [3.63, 3.8) is 0 Å². The molecule has 0 aliphatic heterocycles. The topological polar surface area (TPSA) is 54.9 Å². The van der Waals surface area contributed by atoms with Crippen LogP contribution in [0.15, 0.2) is 59.1 Å². The predicted molar refractivity (Wildman–Crippen MR) is 91.5 cm³/mol. The van der Waals surface area contributed by atoms with Crippen LogP contribution in [0, 0.1) is 0 Å². The number of thioether (sulfide) groups is 1. The molecule has 0 atom stereocenters. The van der Waals surface area contributed by atoms with Gasteiger partial charge in [0, 0.05) is 33.8 Å². The number of carbonyl (C=O) groups excluding carboxylic acids is 1. The van der Waals surface area contributed by atoms with Gasteiger partial charge in [-0.2, -0.15) is 0 Å². The number of benzene rings is 1. The first-order valence-electron chi connectivity index (χ1n) is 6.57. The van der Waals surface area contributed by atoms with Crippen molar-refractivity contribution >= 4 is 34.1 Å². The van der Waals surface area contributed by atoms with E-state index in [1.165, 1.54) is 11.3 Å². The smallest absolute Gasteiger partial charge is 0.257 e. The summed E-state index contributed by atoms with van der Waals surface area (Å²) in [7, 11) is 0. The lowest BCUT2D eigenvalue weighted by Crippen LogP contribution is -2.11. The van der Waals surface area contributed by atoms with Gasteiger partial charge in [0.25, 0.3) is 5.91 Å². The maximum absolute atomic E-state index is 12.2. The summed E-state index contributed by atoms with van der Waals surface area (Å²) < 4.78 is 0. The lowest BCUT2D eigenvalue weighted by molar-refractivity contribution is 0.102. The molecule has 4 nitrogen and oxygen atoms in total. The number of pyridine rings is 1. The van der Waals surface area contributed by atoms with Gasteiger partial charge < -0.3 is 0 Å². The van der Waals surface area contributed by atoms with E-state index in [2.05, 4.69) is 15.3 Å². The molecular weight excluding hydrogens is 314 g/mol. The van der Waals surface area contributed by atoms with Gasteiger partial charge in [-0.3, -0.25) is 15.1 Å². The molecule has 0 bridgehead atoms. The summed E-state index contributed by atoms with van der Waals surface area (Å²) in [4.78, 5) is 21.7. The number of aromatic nitrogens is 2. The van der Waals surface area contributed by atoms with Gasteiger partial charge in [-0.25, -0.2) is 4.98 Å². The Hall–Kier alpha value is -2.18. The molecule has 3 aromatic rings. The number of nitrogens with zero attached hydrogens (tertiary/aromatic N) is 2. The van der Waals surface area contributed by atoms with Crippen LogP contribution in [0.3, 0.4) is 0 Å². The molecule has 0 aliphatic rings. The van der Waals surface area contributed by atoms with E-state index in [0.717, 1.165) is 16.2 Å². The minimum atomic E-state index is -0.150. The molecule has 0 aliphatic carbocycles. The van der Waals surface area contributed by atoms with Gasteiger partial charge in [-0.05, 0) is 42.7 Å². The fraction of sp³-hybridized carbons (Fsp3) is 0.0625. The van der Waals surface area contributed by atoms with E-state index in [0.29, 0.717) is 10.7 Å². The molecule has 6 heteroatoms. The molecule has 0 radical (unpaired) electrons. The number of amides is 1. The van der Waals surface area contributed by atoms with E-state index in [1.807, 2.05) is 48.0 Å². The number of anilines is 1. The number of thiazole rings is 1. The Labute approximate surface area is 136 Å². The van der Waals surface area contributed by atoms with Crippen molar-refractivity contribution < 1.29 is 4.79 Å². The third kappa shape index (κ3) is 3.35. The van der Waals surface area contributed by atoms with E-state index in [-0.39, 0.29) is 5.91 Å². The summed E-state index contributed by atoms with van der Waals surface area (Å²) in [5, 5.41) is 5.34. The second-order valence-corrected chi connectivity index (χ2v) is 6.19. The highest BCUT2D eigenvalue weighted by atomic mass is 32.2. The Morgan fingerprint density at radius 2 is 1.86 bits per heavy atom. The molecule has 0 fully saturated rings. The van der Waals surface area contributed by atoms with Gasteiger partial charge in [0.05, 0.1) is 5.69 Å². The molecule has 0 saturated heterocycles. The van der Waals surface area contributed by atoms with E-state index in [1.54, 1.807) is 24.2 Å². The zero-order valence-corrected chi connectivity index (χ0v) is 13.4. The van der Waals surface area contributed by atoms with Crippen molar-refractivity contribution in [1.82, 2.24) is 9.97 Å². The van der Waals surface area contributed by atoms with Crippen LogP contribution in [-0.2, 0) is 0 Å². The minimum Gasteiger partial charge on any atom is -0.298 e. The normalized spacial score (nSPS) is 10.4. The molecular formula is C16H13N3OS2. The van der Waals surface area contributed by atoms with E-state index in [9.17, 15) is 4.79 Å². The molecule has 2 heterocycles. The van der Waals surface area contributed by atoms with Gasteiger partial charge in [0.2, 0.25) is 0 Å². The minimum absolute atomic E-state index is 0.150. The first-order chi connectivity index (χ1) is 10.8. The summed E-state index contributed by atoms with van der Waals surface area (Å²) in [6.07, 6.45) is 5.45. The lowest BCUT2D eigenvalue weighted by atomic mass is 10.2. The molecule has 2 aromatic heterocycles. The fourth-order valence-electron chi connectivity index (χ4n) is 1.90. The molecule has 0 saturated carbocycles. The standard InChI is InChI=1S/C16H13N3OS2/c1-21-13-4-2-12(3-5-13)15(20)19-16-18-14(10-22-16)11-6-8-17-9-7-11/h2-10H,1H3,(H,18,19,20). The van der Waals surface area contributed by atoms with Crippen molar-refractivity contribution in [2.45, 2.75) is 4.90 Å². The third-order valence-electron chi connectivity index (χ3n) is 3.05. The highest BCUT2D eigenvalue weighted by molar-refractivity contribution is 7.98. The quantitative estimate of drug-likeness (QED) is 0.730. The van der Waals surface area contributed by atoms with Gasteiger partial charge in [-0.1, -0.05) is 0 Å². The lowest BCUT2D eigenvalue weighted by Gasteiger charge is -2.02. The molecule has 1 amide bonds. The Balaban J connectivity index is 1.73. The van der Waals surface area contributed by atoms with Crippen LogP contribution in [0.2, 0.25) is 0 Å². The Kier molecular flexibility index (Phi) is 4.50. The largest absolute Gasteiger partial charge is 0.298 e. The summed E-state index contributed by atoms with van der Waals surface area (Å²) in [5.41, 5.74) is 2.44. The molecule has 3 rings (SSSR count). The average molecular weight is 327 g/mol. The van der Waals surface area contributed by atoms with Gasteiger partial charge in [0.15, 0.2) is 5.13 Å². The number of carbonyl (C=O) groups is 1. The van der Waals surface area contributed by atoms with E-state index < -0.39 is 0 Å². The zero-order chi connectivity index (χ0) is 15.4. The van der Waals surface area contributed by atoms with Crippen molar-refractivity contribution in [2.24, 2.45) is 0 Å². The highest BCUT2D eigenvalue weighted by Gasteiger charge is 2.10. The molecule has 0 spiro atoms. The number of hydrogen-bond acceptors (Lipinski definition) is 5. The van der Waals surface area contributed by atoms with Crippen molar-refractivity contribution in [1.29, 1.82) is 0 Å². The van der Waals surface area contributed by atoms with Gasteiger partial charge in [-0.15, -0.1) is 23.1 Å². The number of rotatable bonds is 4. The monoisotopic (exact) mass is 327 g/mol. The van der Waals surface area contributed by atoms with E-state index >= 15 is 0 Å². The SMILES string of the molecule is CSc1ccc(C(=O)Nc2nc(-c3ccncc3)cs2)cc1. The number of hydrogen-bond donors (Lipinski definition) is 1. The number of nitrogens with one attached hydrogen (secondary N) is 1. The second kappa shape index (κ2) is 6.72. The van der Waals surface area contributed by atoms with Crippen molar-refractivity contribution in [3.8, 4) is 11.3 Å². The van der Waals surface area contributed by atoms with Crippen LogP contribution >= 0.6 is 23.1 Å². The summed E-state index contributed by atoms with van der Waals surface area (Å²) >= 11 is 3.05. The fourth-order valence-corrected chi connectivity index (χ4v) is 3.02. The molecule has 1 N–H and O–H groups in total. The van der Waals surface area contributed by atoms with Crippen LogP contribution < -0.4 is 5.32 Å². The summed E-state index contributed by atoms with van der Waals surface area (Å²) in [6, 6.07) is 11.3. The predicted octanol–water partition coefficient (Wildman–Crippen LogP) is 4.18. The van der Waals surface area contributed by atoms with Crippen molar-refractivity contribution in [2.75, 3.05) is 11.6 Å². The Bertz CT molecular complexity index is 770. The summed E-state index contributed by atoms with van der Waals surface area (Å²) in [6.45, 7) is 0. The van der Waals surface area contributed by atoms with E-state index in [4.69, 9.17) is 0 Å². The van der Waals surface area contributed by atoms with Crippen molar-refractivity contribution in [3.05, 3.63) is 59.7 Å². The zero-order valence-electron chi connectivity index (χ0n) is 11.8. The first kappa shape index (κ1) is 14.7. The van der Waals surface area contributed by atoms with Crippen LogP contribution in [0.1, 0.15) is 10.4 Å². The average Bonchev–Trinajstić information content (AvgIpc) is 3.04.